The highest BCUT2D eigenvalue weighted by molar-refractivity contribution is 5.23. The standard InChI is InChI=1S/C10H19N3O/c1-8-10(7-11)9(2)13(12-8)5-4-6-14-3/h4-7,11H2,1-3H3. The van der Waals surface area contributed by atoms with Crippen molar-refractivity contribution in [1.29, 1.82) is 0 Å². The fraction of sp³-hybridized carbons (Fsp3) is 0.700. The summed E-state index contributed by atoms with van der Waals surface area (Å²) in [7, 11) is 1.71. The quantitative estimate of drug-likeness (QED) is 0.716. The van der Waals surface area contributed by atoms with Crippen molar-refractivity contribution in [1.82, 2.24) is 9.78 Å². The van der Waals surface area contributed by atoms with E-state index in [1.54, 1.807) is 7.11 Å². The van der Waals surface area contributed by atoms with E-state index < -0.39 is 0 Å². The highest BCUT2D eigenvalue weighted by atomic mass is 16.5. The Labute approximate surface area is 85.0 Å². The second kappa shape index (κ2) is 5.12. The maximum absolute atomic E-state index is 5.64. The molecule has 1 aromatic heterocycles. The van der Waals surface area contributed by atoms with E-state index in [1.807, 2.05) is 11.6 Å². The van der Waals surface area contributed by atoms with E-state index in [1.165, 1.54) is 11.3 Å². The van der Waals surface area contributed by atoms with Gasteiger partial charge in [-0.15, -0.1) is 0 Å². The van der Waals surface area contributed by atoms with Crippen molar-refractivity contribution < 1.29 is 4.74 Å². The van der Waals surface area contributed by atoms with Crippen molar-refractivity contribution in [2.45, 2.75) is 33.4 Å². The minimum Gasteiger partial charge on any atom is -0.385 e. The molecule has 0 aliphatic heterocycles. The Morgan fingerprint density at radius 1 is 1.43 bits per heavy atom. The number of aromatic nitrogens is 2. The molecule has 0 bridgehead atoms. The number of aryl methyl sites for hydroxylation is 2. The van der Waals surface area contributed by atoms with E-state index in [2.05, 4.69) is 12.0 Å². The lowest BCUT2D eigenvalue weighted by molar-refractivity contribution is 0.188. The molecule has 0 aliphatic carbocycles. The zero-order valence-corrected chi connectivity index (χ0v) is 9.21. The summed E-state index contributed by atoms with van der Waals surface area (Å²) < 4.78 is 7.01. The number of nitrogens with zero attached hydrogens (tertiary/aromatic N) is 2. The molecule has 0 saturated carbocycles. The van der Waals surface area contributed by atoms with Gasteiger partial charge in [-0.25, -0.2) is 0 Å². The second-order valence-electron chi connectivity index (χ2n) is 3.42. The molecular weight excluding hydrogens is 178 g/mol. The van der Waals surface area contributed by atoms with Gasteiger partial charge in [0.25, 0.3) is 0 Å². The Morgan fingerprint density at radius 3 is 2.64 bits per heavy atom. The van der Waals surface area contributed by atoms with Gasteiger partial charge in [-0.1, -0.05) is 0 Å². The molecule has 4 nitrogen and oxygen atoms in total. The molecule has 0 saturated heterocycles. The first-order chi connectivity index (χ1) is 6.70. The van der Waals surface area contributed by atoms with Crippen LogP contribution >= 0.6 is 0 Å². The predicted octanol–water partition coefficient (Wildman–Crippen LogP) is 0.995. The maximum Gasteiger partial charge on any atom is 0.0641 e. The Balaban J connectivity index is 2.68. The van der Waals surface area contributed by atoms with Crippen LogP contribution in [-0.4, -0.2) is 23.5 Å². The first kappa shape index (κ1) is 11.2. The van der Waals surface area contributed by atoms with Gasteiger partial charge in [-0.05, 0) is 20.3 Å². The molecule has 0 aromatic carbocycles. The molecular formula is C10H19N3O. The molecule has 80 valence electrons. The zero-order valence-electron chi connectivity index (χ0n) is 9.21. The van der Waals surface area contributed by atoms with Gasteiger partial charge in [0.1, 0.15) is 0 Å². The van der Waals surface area contributed by atoms with Crippen LogP contribution in [0.25, 0.3) is 0 Å². The van der Waals surface area contributed by atoms with E-state index in [4.69, 9.17) is 10.5 Å². The predicted molar refractivity (Wildman–Crippen MR) is 56.1 cm³/mol. The molecule has 0 amide bonds. The fourth-order valence-corrected chi connectivity index (χ4v) is 1.61. The van der Waals surface area contributed by atoms with Crippen LogP contribution in [0.5, 0.6) is 0 Å². The first-order valence-electron chi connectivity index (χ1n) is 4.92. The van der Waals surface area contributed by atoms with Crippen LogP contribution in [0.15, 0.2) is 0 Å². The third-order valence-corrected chi connectivity index (χ3v) is 2.45. The van der Waals surface area contributed by atoms with Crippen LogP contribution < -0.4 is 5.73 Å². The summed E-state index contributed by atoms with van der Waals surface area (Å²) >= 11 is 0. The van der Waals surface area contributed by atoms with Gasteiger partial charge in [0.2, 0.25) is 0 Å². The van der Waals surface area contributed by atoms with Crippen molar-refractivity contribution >= 4 is 0 Å². The molecule has 0 unspecified atom stereocenters. The molecule has 0 radical (unpaired) electrons. The summed E-state index contributed by atoms with van der Waals surface area (Å²) in [5, 5.41) is 4.43. The number of nitrogens with two attached hydrogens (primary N) is 1. The van der Waals surface area contributed by atoms with Gasteiger partial charge in [-0.2, -0.15) is 5.10 Å². The number of hydrogen-bond acceptors (Lipinski definition) is 3. The van der Waals surface area contributed by atoms with Crippen LogP contribution in [0, 0.1) is 13.8 Å². The third-order valence-electron chi connectivity index (χ3n) is 2.45. The van der Waals surface area contributed by atoms with Crippen LogP contribution in [0.3, 0.4) is 0 Å². The number of ether oxygens (including phenoxy) is 1. The lowest BCUT2D eigenvalue weighted by atomic mass is 10.2. The van der Waals surface area contributed by atoms with Crippen LogP contribution in [-0.2, 0) is 17.8 Å². The summed E-state index contributed by atoms with van der Waals surface area (Å²) in [4.78, 5) is 0. The third kappa shape index (κ3) is 2.33. The average Bonchev–Trinajstić information content (AvgIpc) is 2.42. The van der Waals surface area contributed by atoms with Gasteiger partial charge in [0.05, 0.1) is 5.69 Å². The van der Waals surface area contributed by atoms with E-state index in [0.717, 1.165) is 25.3 Å². The minimum absolute atomic E-state index is 0.571. The average molecular weight is 197 g/mol. The van der Waals surface area contributed by atoms with Gasteiger partial charge < -0.3 is 10.5 Å². The van der Waals surface area contributed by atoms with Crippen LogP contribution in [0.4, 0.5) is 0 Å². The number of methoxy groups -OCH3 is 1. The van der Waals surface area contributed by atoms with Crippen molar-refractivity contribution in [2.24, 2.45) is 5.73 Å². The largest absolute Gasteiger partial charge is 0.385 e. The van der Waals surface area contributed by atoms with E-state index in [-0.39, 0.29) is 0 Å². The van der Waals surface area contributed by atoms with Gasteiger partial charge in [0.15, 0.2) is 0 Å². The molecule has 1 aromatic rings. The summed E-state index contributed by atoms with van der Waals surface area (Å²) in [5.74, 6) is 0. The van der Waals surface area contributed by atoms with Crippen molar-refractivity contribution in [3.8, 4) is 0 Å². The SMILES string of the molecule is COCCCn1nc(C)c(CN)c1C. The number of hydrogen-bond donors (Lipinski definition) is 1. The molecule has 1 rings (SSSR count). The molecule has 0 spiro atoms. The Morgan fingerprint density at radius 2 is 2.14 bits per heavy atom. The van der Waals surface area contributed by atoms with Gasteiger partial charge >= 0.3 is 0 Å². The normalized spacial score (nSPS) is 10.9. The van der Waals surface area contributed by atoms with Crippen LogP contribution in [0.1, 0.15) is 23.4 Å². The molecule has 4 heteroatoms. The smallest absolute Gasteiger partial charge is 0.0641 e. The van der Waals surface area contributed by atoms with Gasteiger partial charge in [0, 0.05) is 38.1 Å². The number of rotatable bonds is 5. The topological polar surface area (TPSA) is 53.1 Å². The minimum atomic E-state index is 0.571. The Bertz CT molecular complexity index is 294. The highest BCUT2D eigenvalue weighted by Gasteiger charge is 2.08. The van der Waals surface area contributed by atoms with Crippen molar-refractivity contribution in [3.05, 3.63) is 17.0 Å². The van der Waals surface area contributed by atoms with E-state index in [0.29, 0.717) is 6.54 Å². The fourth-order valence-electron chi connectivity index (χ4n) is 1.61. The molecule has 0 fully saturated rings. The zero-order chi connectivity index (χ0) is 10.6. The van der Waals surface area contributed by atoms with E-state index in [9.17, 15) is 0 Å². The van der Waals surface area contributed by atoms with Gasteiger partial charge in [-0.3, -0.25) is 4.68 Å². The van der Waals surface area contributed by atoms with Crippen molar-refractivity contribution in [2.75, 3.05) is 13.7 Å². The lowest BCUT2D eigenvalue weighted by Gasteiger charge is -2.03. The summed E-state index contributed by atoms with van der Waals surface area (Å²) in [5.41, 5.74) is 9.04. The second-order valence-corrected chi connectivity index (χ2v) is 3.42. The van der Waals surface area contributed by atoms with E-state index >= 15 is 0 Å². The molecule has 1 heterocycles. The maximum atomic E-state index is 5.64. The summed E-state index contributed by atoms with van der Waals surface area (Å²) in [6.07, 6.45) is 0.989. The summed E-state index contributed by atoms with van der Waals surface area (Å²) in [6, 6.07) is 0. The summed E-state index contributed by atoms with van der Waals surface area (Å²) in [6.45, 7) is 6.32. The first-order valence-corrected chi connectivity index (χ1v) is 4.92. The van der Waals surface area contributed by atoms with Crippen molar-refractivity contribution in [3.63, 3.8) is 0 Å². The highest BCUT2D eigenvalue weighted by Crippen LogP contribution is 2.12. The molecule has 2 N–H and O–H groups in total. The lowest BCUT2D eigenvalue weighted by Crippen LogP contribution is -2.06. The molecule has 14 heavy (non-hydrogen) atoms. The molecule has 0 atom stereocenters. The van der Waals surface area contributed by atoms with Crippen LogP contribution in [0.2, 0.25) is 0 Å². The Kier molecular flexibility index (Phi) is 4.10. The molecule has 0 aliphatic rings. The Hall–Kier alpha value is -0.870. The monoisotopic (exact) mass is 197 g/mol.